The van der Waals surface area contributed by atoms with Crippen LogP contribution in [0.25, 0.3) is 0 Å². The molecule has 1 aromatic carbocycles. The molecule has 1 saturated carbocycles. The zero-order valence-corrected chi connectivity index (χ0v) is 12.9. The highest BCUT2D eigenvalue weighted by atomic mass is 16.2. The van der Waals surface area contributed by atoms with Crippen molar-refractivity contribution in [3.63, 3.8) is 0 Å². The Balaban J connectivity index is 2.17. The summed E-state index contributed by atoms with van der Waals surface area (Å²) in [5, 5.41) is 3.28. The van der Waals surface area contributed by atoms with E-state index >= 15 is 0 Å². The standard InChI is InChI=1S/C17H26N2O/c1-4-18-15-11-7-6-10-14(15)17(20)19(3)16-12-8-5-9-13(16)2/h6-7,10-11,13,16,18H,4-5,8-9,12H2,1-3H3. The number of nitrogens with zero attached hydrogens (tertiary/aromatic N) is 1. The van der Waals surface area contributed by atoms with Crippen molar-refractivity contribution in [2.75, 3.05) is 18.9 Å². The van der Waals surface area contributed by atoms with Crippen LogP contribution in [0.1, 0.15) is 49.9 Å². The number of benzene rings is 1. The molecule has 2 atom stereocenters. The molecule has 1 N–H and O–H groups in total. The summed E-state index contributed by atoms with van der Waals surface area (Å²) in [6.45, 7) is 5.14. The van der Waals surface area contributed by atoms with E-state index in [0.29, 0.717) is 12.0 Å². The van der Waals surface area contributed by atoms with Crippen LogP contribution in [0.5, 0.6) is 0 Å². The minimum atomic E-state index is 0.139. The van der Waals surface area contributed by atoms with Gasteiger partial charge in [-0.25, -0.2) is 0 Å². The molecule has 0 heterocycles. The highest BCUT2D eigenvalue weighted by Gasteiger charge is 2.29. The Bertz CT molecular complexity index is 458. The van der Waals surface area contributed by atoms with Gasteiger partial charge < -0.3 is 10.2 Å². The van der Waals surface area contributed by atoms with Gasteiger partial charge in [-0.3, -0.25) is 4.79 Å². The first-order chi connectivity index (χ1) is 9.65. The van der Waals surface area contributed by atoms with Crippen LogP contribution in [-0.4, -0.2) is 30.4 Å². The first kappa shape index (κ1) is 14.9. The number of rotatable bonds is 4. The summed E-state index contributed by atoms with van der Waals surface area (Å²) >= 11 is 0. The summed E-state index contributed by atoms with van der Waals surface area (Å²) in [7, 11) is 1.96. The predicted octanol–water partition coefficient (Wildman–Crippen LogP) is 3.77. The van der Waals surface area contributed by atoms with Crippen LogP contribution in [0, 0.1) is 5.92 Å². The molecule has 0 radical (unpaired) electrons. The maximum Gasteiger partial charge on any atom is 0.255 e. The van der Waals surface area contributed by atoms with Gasteiger partial charge in [-0.15, -0.1) is 0 Å². The maximum atomic E-state index is 12.8. The highest BCUT2D eigenvalue weighted by molar-refractivity contribution is 5.99. The highest BCUT2D eigenvalue weighted by Crippen LogP contribution is 2.29. The first-order valence-electron chi connectivity index (χ1n) is 7.75. The van der Waals surface area contributed by atoms with E-state index in [1.165, 1.54) is 19.3 Å². The largest absolute Gasteiger partial charge is 0.385 e. The molecule has 2 rings (SSSR count). The monoisotopic (exact) mass is 274 g/mol. The lowest BCUT2D eigenvalue weighted by molar-refractivity contribution is 0.0630. The molecule has 1 amide bonds. The Morgan fingerprint density at radius 1 is 1.30 bits per heavy atom. The van der Waals surface area contributed by atoms with Crippen molar-refractivity contribution in [2.24, 2.45) is 5.92 Å². The van der Waals surface area contributed by atoms with Crippen LogP contribution >= 0.6 is 0 Å². The molecule has 0 bridgehead atoms. The topological polar surface area (TPSA) is 32.3 Å². The minimum absolute atomic E-state index is 0.139. The third-order valence-electron chi connectivity index (χ3n) is 4.41. The lowest BCUT2D eigenvalue weighted by atomic mass is 9.85. The lowest BCUT2D eigenvalue weighted by Crippen LogP contribution is -2.42. The summed E-state index contributed by atoms with van der Waals surface area (Å²) in [5.41, 5.74) is 1.73. The smallest absolute Gasteiger partial charge is 0.255 e. The quantitative estimate of drug-likeness (QED) is 0.906. The van der Waals surface area contributed by atoms with Gasteiger partial charge in [0.1, 0.15) is 0 Å². The zero-order chi connectivity index (χ0) is 14.5. The molecule has 1 fully saturated rings. The van der Waals surface area contributed by atoms with Crippen molar-refractivity contribution in [1.29, 1.82) is 0 Å². The van der Waals surface area contributed by atoms with Gasteiger partial charge in [0.25, 0.3) is 5.91 Å². The van der Waals surface area contributed by atoms with Crippen molar-refractivity contribution in [3.8, 4) is 0 Å². The molecule has 3 nitrogen and oxygen atoms in total. The lowest BCUT2D eigenvalue weighted by Gasteiger charge is -2.36. The minimum Gasteiger partial charge on any atom is -0.385 e. The Kier molecular flexibility index (Phi) is 5.05. The second kappa shape index (κ2) is 6.78. The molecular formula is C17H26N2O. The van der Waals surface area contributed by atoms with Crippen molar-refractivity contribution in [3.05, 3.63) is 29.8 Å². The molecule has 0 spiro atoms. The molecule has 20 heavy (non-hydrogen) atoms. The van der Waals surface area contributed by atoms with Crippen molar-refractivity contribution < 1.29 is 4.79 Å². The van der Waals surface area contributed by atoms with E-state index < -0.39 is 0 Å². The van der Waals surface area contributed by atoms with Crippen molar-refractivity contribution >= 4 is 11.6 Å². The number of amides is 1. The SMILES string of the molecule is CCNc1ccccc1C(=O)N(C)C1CCCCC1C. The number of carbonyl (C=O) groups excluding carboxylic acids is 1. The molecular weight excluding hydrogens is 248 g/mol. The number of para-hydroxylation sites is 1. The third-order valence-corrected chi connectivity index (χ3v) is 4.41. The van der Waals surface area contributed by atoms with E-state index in [2.05, 4.69) is 12.2 Å². The number of hydrogen-bond donors (Lipinski definition) is 1. The van der Waals surface area contributed by atoms with E-state index in [4.69, 9.17) is 0 Å². The van der Waals surface area contributed by atoms with Gasteiger partial charge in [0.2, 0.25) is 0 Å². The van der Waals surface area contributed by atoms with Crippen LogP contribution in [0.2, 0.25) is 0 Å². The van der Waals surface area contributed by atoms with Crippen LogP contribution in [0.3, 0.4) is 0 Å². The summed E-state index contributed by atoms with van der Waals surface area (Å²) in [4.78, 5) is 14.7. The summed E-state index contributed by atoms with van der Waals surface area (Å²) in [5.74, 6) is 0.740. The van der Waals surface area contributed by atoms with Gasteiger partial charge in [-0.05, 0) is 37.8 Å². The van der Waals surface area contributed by atoms with E-state index in [0.717, 1.165) is 24.2 Å². The molecule has 0 aromatic heterocycles. The Morgan fingerprint density at radius 3 is 2.70 bits per heavy atom. The van der Waals surface area contributed by atoms with Crippen molar-refractivity contribution in [2.45, 2.75) is 45.6 Å². The fourth-order valence-electron chi connectivity index (χ4n) is 3.23. The van der Waals surface area contributed by atoms with Gasteiger partial charge in [-0.2, -0.15) is 0 Å². The van der Waals surface area contributed by atoms with Crippen LogP contribution < -0.4 is 5.32 Å². The van der Waals surface area contributed by atoms with Gasteiger partial charge in [0.05, 0.1) is 5.56 Å². The third kappa shape index (κ3) is 3.14. The van der Waals surface area contributed by atoms with Gasteiger partial charge >= 0.3 is 0 Å². The average molecular weight is 274 g/mol. The predicted molar refractivity (Wildman–Crippen MR) is 84.1 cm³/mol. The molecule has 1 aliphatic carbocycles. The molecule has 0 aliphatic heterocycles. The maximum absolute atomic E-state index is 12.8. The van der Waals surface area contributed by atoms with Crippen LogP contribution in [-0.2, 0) is 0 Å². The van der Waals surface area contributed by atoms with Gasteiger partial charge in [0.15, 0.2) is 0 Å². The van der Waals surface area contributed by atoms with Gasteiger partial charge in [-0.1, -0.05) is 31.9 Å². The Labute approximate surface area is 122 Å². The fraction of sp³-hybridized carbons (Fsp3) is 0.588. The Hall–Kier alpha value is -1.51. The molecule has 1 aromatic rings. The summed E-state index contributed by atoms with van der Waals surface area (Å²) in [6, 6.07) is 8.19. The Morgan fingerprint density at radius 2 is 2.00 bits per heavy atom. The number of nitrogens with one attached hydrogen (secondary N) is 1. The number of hydrogen-bond acceptors (Lipinski definition) is 2. The van der Waals surface area contributed by atoms with Crippen molar-refractivity contribution in [1.82, 2.24) is 4.90 Å². The number of carbonyl (C=O) groups is 1. The molecule has 2 unspecified atom stereocenters. The van der Waals surface area contributed by atoms with Crippen LogP contribution in [0.4, 0.5) is 5.69 Å². The second-order valence-electron chi connectivity index (χ2n) is 5.82. The van der Waals surface area contributed by atoms with E-state index in [1.54, 1.807) is 0 Å². The van der Waals surface area contributed by atoms with E-state index in [-0.39, 0.29) is 5.91 Å². The van der Waals surface area contributed by atoms with Crippen LogP contribution in [0.15, 0.2) is 24.3 Å². The molecule has 3 heteroatoms. The normalized spacial score (nSPS) is 22.4. The molecule has 1 aliphatic rings. The van der Waals surface area contributed by atoms with Gasteiger partial charge in [0, 0.05) is 25.3 Å². The first-order valence-corrected chi connectivity index (χ1v) is 7.75. The summed E-state index contributed by atoms with van der Waals surface area (Å²) < 4.78 is 0. The molecule has 110 valence electrons. The molecule has 0 saturated heterocycles. The summed E-state index contributed by atoms with van der Waals surface area (Å²) in [6.07, 6.45) is 4.90. The fourth-order valence-corrected chi connectivity index (χ4v) is 3.23. The average Bonchev–Trinajstić information content (AvgIpc) is 2.47. The van der Waals surface area contributed by atoms with E-state index in [9.17, 15) is 4.79 Å². The second-order valence-corrected chi connectivity index (χ2v) is 5.82. The van der Waals surface area contributed by atoms with E-state index in [1.807, 2.05) is 43.1 Å². The zero-order valence-electron chi connectivity index (χ0n) is 12.9. The number of anilines is 1.